The summed E-state index contributed by atoms with van der Waals surface area (Å²) < 4.78 is 2.64. The lowest BCUT2D eigenvalue weighted by molar-refractivity contribution is -0.384. The topological polar surface area (TPSA) is 87.1 Å². The molecule has 0 amide bonds. The molecule has 0 radical (unpaired) electrons. The molecule has 1 aromatic heterocycles. The fraction of sp³-hybridized carbons (Fsp3) is 0.238. The average Bonchev–Trinajstić information content (AvgIpc) is 2.70. The highest BCUT2D eigenvalue weighted by molar-refractivity contribution is 5.76. The summed E-state index contributed by atoms with van der Waals surface area (Å²) in [6.45, 7) is 2.21. The Balaban J connectivity index is 2.17. The van der Waals surface area contributed by atoms with Crippen molar-refractivity contribution in [3.05, 3.63) is 96.8 Å². The van der Waals surface area contributed by atoms with E-state index in [1.807, 2.05) is 31.2 Å². The first-order valence-corrected chi connectivity index (χ1v) is 9.05. The van der Waals surface area contributed by atoms with Gasteiger partial charge >= 0.3 is 5.69 Å². The van der Waals surface area contributed by atoms with Crippen LogP contribution in [0.3, 0.4) is 0 Å². The highest BCUT2D eigenvalue weighted by Crippen LogP contribution is 2.32. The molecule has 0 aliphatic carbocycles. The zero-order valence-electron chi connectivity index (χ0n) is 15.8. The van der Waals surface area contributed by atoms with Crippen molar-refractivity contribution < 1.29 is 4.92 Å². The first-order valence-electron chi connectivity index (χ1n) is 9.05. The number of nitro benzene ring substituents is 1. The summed E-state index contributed by atoms with van der Waals surface area (Å²) in [6, 6.07) is 15.3. The molecular weight excluding hydrogens is 358 g/mol. The van der Waals surface area contributed by atoms with Gasteiger partial charge < -0.3 is 0 Å². The van der Waals surface area contributed by atoms with E-state index in [9.17, 15) is 19.7 Å². The van der Waals surface area contributed by atoms with E-state index in [1.54, 1.807) is 22.8 Å². The van der Waals surface area contributed by atoms with Gasteiger partial charge in [-0.2, -0.15) is 0 Å². The minimum absolute atomic E-state index is 0.0107. The monoisotopic (exact) mass is 379 g/mol. The zero-order chi connectivity index (χ0) is 20.3. The van der Waals surface area contributed by atoms with Crippen molar-refractivity contribution in [1.82, 2.24) is 9.13 Å². The molecule has 3 aromatic rings. The van der Waals surface area contributed by atoms with Crippen LogP contribution in [0.15, 0.2) is 64.2 Å². The summed E-state index contributed by atoms with van der Waals surface area (Å²) >= 11 is 0. The second-order valence-electron chi connectivity index (χ2n) is 6.58. The van der Waals surface area contributed by atoms with E-state index in [2.05, 4.69) is 0 Å². The maximum atomic E-state index is 12.7. The van der Waals surface area contributed by atoms with Crippen LogP contribution >= 0.6 is 0 Å². The third-order valence-electron chi connectivity index (χ3n) is 4.73. The number of aryl methyl sites for hydroxylation is 1. The quantitative estimate of drug-likeness (QED) is 0.486. The van der Waals surface area contributed by atoms with E-state index in [4.69, 9.17) is 0 Å². The summed E-state index contributed by atoms with van der Waals surface area (Å²) in [5, 5.41) is 11.5. The van der Waals surface area contributed by atoms with Gasteiger partial charge in [-0.05, 0) is 23.6 Å². The highest BCUT2D eigenvalue weighted by atomic mass is 16.6. The molecule has 0 unspecified atom stereocenters. The van der Waals surface area contributed by atoms with Crippen molar-refractivity contribution in [3.8, 4) is 11.1 Å². The first-order chi connectivity index (χ1) is 13.4. The van der Waals surface area contributed by atoms with E-state index in [0.717, 1.165) is 16.6 Å². The van der Waals surface area contributed by atoms with Crippen molar-refractivity contribution >= 4 is 5.69 Å². The zero-order valence-corrected chi connectivity index (χ0v) is 15.8. The van der Waals surface area contributed by atoms with E-state index in [1.165, 1.54) is 19.2 Å². The summed E-state index contributed by atoms with van der Waals surface area (Å²) in [4.78, 5) is 35.8. The second kappa shape index (κ2) is 8.04. The van der Waals surface area contributed by atoms with Crippen LogP contribution in [0.25, 0.3) is 11.1 Å². The van der Waals surface area contributed by atoms with Gasteiger partial charge in [0.25, 0.3) is 11.2 Å². The fourth-order valence-electron chi connectivity index (χ4n) is 3.30. The summed E-state index contributed by atoms with van der Waals surface area (Å²) in [5.74, 6) is 0. The van der Waals surface area contributed by atoms with Crippen molar-refractivity contribution in [1.29, 1.82) is 0 Å². The molecule has 7 nitrogen and oxygen atoms in total. The summed E-state index contributed by atoms with van der Waals surface area (Å²) in [7, 11) is 1.45. The molecule has 0 bridgehead atoms. The van der Waals surface area contributed by atoms with Gasteiger partial charge in [-0.25, -0.2) is 4.79 Å². The molecular formula is C21H21N3O4. The normalized spacial score (nSPS) is 10.8. The van der Waals surface area contributed by atoms with Gasteiger partial charge in [-0.15, -0.1) is 0 Å². The van der Waals surface area contributed by atoms with Gasteiger partial charge in [-0.1, -0.05) is 49.7 Å². The Bertz CT molecular complexity index is 1140. The molecule has 1 heterocycles. The average molecular weight is 379 g/mol. The standard InChI is InChI=1S/C21H21N3O4/c1-3-8-16-13-20(25)22(2)21(26)23(16)14-15-9-4-5-10-17(15)18-11-6-7-12-19(18)24(27)28/h4-7,9-13H,3,8,14H2,1-2H3. The van der Waals surface area contributed by atoms with Crippen molar-refractivity contribution in [2.24, 2.45) is 7.05 Å². The third kappa shape index (κ3) is 3.64. The Hall–Kier alpha value is -3.48. The van der Waals surface area contributed by atoms with Crippen molar-refractivity contribution in [3.63, 3.8) is 0 Å². The van der Waals surface area contributed by atoms with Crippen LogP contribution in [0.1, 0.15) is 24.6 Å². The molecule has 0 spiro atoms. The fourth-order valence-corrected chi connectivity index (χ4v) is 3.30. The predicted octanol–water partition coefficient (Wildman–Crippen LogP) is 3.12. The minimum Gasteiger partial charge on any atom is -0.293 e. The van der Waals surface area contributed by atoms with Crippen LogP contribution in [0, 0.1) is 10.1 Å². The van der Waals surface area contributed by atoms with Crippen LogP contribution in [0.2, 0.25) is 0 Å². The maximum absolute atomic E-state index is 12.7. The number of para-hydroxylation sites is 1. The minimum atomic E-state index is -0.410. The Labute approximate surface area is 161 Å². The lowest BCUT2D eigenvalue weighted by atomic mass is 9.98. The molecule has 0 fully saturated rings. The number of nitro groups is 1. The summed E-state index contributed by atoms with van der Waals surface area (Å²) in [6.07, 6.45) is 1.39. The van der Waals surface area contributed by atoms with Gasteiger partial charge in [0.15, 0.2) is 0 Å². The third-order valence-corrected chi connectivity index (χ3v) is 4.73. The molecule has 28 heavy (non-hydrogen) atoms. The van der Waals surface area contributed by atoms with Crippen LogP contribution in [0.5, 0.6) is 0 Å². The molecule has 144 valence electrons. The SMILES string of the molecule is CCCc1cc(=O)n(C)c(=O)n1Cc1ccccc1-c1ccccc1[N+](=O)[O-]. The van der Waals surface area contributed by atoms with E-state index < -0.39 is 10.6 Å². The van der Waals surface area contributed by atoms with E-state index in [0.29, 0.717) is 23.2 Å². The Morgan fingerprint density at radius 2 is 1.64 bits per heavy atom. The number of rotatable bonds is 6. The van der Waals surface area contributed by atoms with Crippen LogP contribution in [-0.4, -0.2) is 14.1 Å². The van der Waals surface area contributed by atoms with Gasteiger partial charge in [0.1, 0.15) is 0 Å². The molecule has 3 rings (SSSR count). The first kappa shape index (κ1) is 19.3. The van der Waals surface area contributed by atoms with Crippen LogP contribution in [0.4, 0.5) is 5.69 Å². The molecule has 0 aliphatic heterocycles. The van der Waals surface area contributed by atoms with Gasteiger partial charge in [0.05, 0.1) is 17.0 Å². The number of benzene rings is 2. The number of hydrogen-bond acceptors (Lipinski definition) is 4. The lowest BCUT2D eigenvalue weighted by Gasteiger charge is -2.16. The number of nitrogens with zero attached hydrogens (tertiary/aromatic N) is 3. The molecule has 0 atom stereocenters. The van der Waals surface area contributed by atoms with E-state index >= 15 is 0 Å². The molecule has 2 aromatic carbocycles. The molecule has 0 aliphatic rings. The van der Waals surface area contributed by atoms with Crippen LogP contribution in [-0.2, 0) is 20.0 Å². The molecule has 7 heteroatoms. The molecule has 0 N–H and O–H groups in total. The smallest absolute Gasteiger partial charge is 0.293 e. The van der Waals surface area contributed by atoms with Gasteiger partial charge in [-0.3, -0.25) is 24.0 Å². The molecule has 0 saturated carbocycles. The summed E-state index contributed by atoms with van der Waals surface area (Å²) in [5.41, 5.74) is 1.90. The number of hydrogen-bond donors (Lipinski definition) is 0. The molecule has 0 saturated heterocycles. The lowest BCUT2D eigenvalue weighted by Crippen LogP contribution is -2.39. The maximum Gasteiger partial charge on any atom is 0.331 e. The van der Waals surface area contributed by atoms with Gasteiger partial charge in [0.2, 0.25) is 0 Å². The number of aromatic nitrogens is 2. The van der Waals surface area contributed by atoms with Gasteiger partial charge in [0, 0.05) is 24.9 Å². The van der Waals surface area contributed by atoms with Crippen molar-refractivity contribution in [2.75, 3.05) is 0 Å². The van der Waals surface area contributed by atoms with E-state index in [-0.39, 0.29) is 17.8 Å². The second-order valence-corrected chi connectivity index (χ2v) is 6.58. The Kier molecular flexibility index (Phi) is 5.54. The predicted molar refractivity (Wildman–Crippen MR) is 108 cm³/mol. The Morgan fingerprint density at radius 3 is 2.32 bits per heavy atom. The largest absolute Gasteiger partial charge is 0.331 e. The van der Waals surface area contributed by atoms with Crippen molar-refractivity contribution in [2.45, 2.75) is 26.3 Å². The highest BCUT2D eigenvalue weighted by Gasteiger charge is 2.18. The van der Waals surface area contributed by atoms with Crippen LogP contribution < -0.4 is 11.2 Å². The Morgan fingerprint density at radius 1 is 1.00 bits per heavy atom.